The predicted molar refractivity (Wildman–Crippen MR) is 66.4 cm³/mol. The summed E-state index contributed by atoms with van der Waals surface area (Å²) < 4.78 is 5.38. The zero-order valence-corrected chi connectivity index (χ0v) is 9.99. The van der Waals surface area contributed by atoms with Gasteiger partial charge < -0.3 is 10.5 Å². The van der Waals surface area contributed by atoms with Gasteiger partial charge in [0.2, 0.25) is 0 Å². The Morgan fingerprint density at radius 2 is 2.00 bits per heavy atom. The van der Waals surface area contributed by atoms with Crippen molar-refractivity contribution in [3.63, 3.8) is 0 Å². The van der Waals surface area contributed by atoms with Crippen LogP contribution in [-0.4, -0.2) is 19.3 Å². The Balaban J connectivity index is 1.97. The lowest BCUT2D eigenvalue weighted by Gasteiger charge is -2.23. The molecule has 2 N–H and O–H groups in total. The third kappa shape index (κ3) is 2.28. The molecule has 0 aliphatic heterocycles. The van der Waals surface area contributed by atoms with E-state index in [1.807, 2.05) is 6.92 Å². The van der Waals surface area contributed by atoms with Crippen molar-refractivity contribution < 1.29 is 4.74 Å². The summed E-state index contributed by atoms with van der Waals surface area (Å²) in [7, 11) is 0. The van der Waals surface area contributed by atoms with Crippen molar-refractivity contribution in [3.8, 4) is 0 Å². The van der Waals surface area contributed by atoms with Crippen LogP contribution >= 0.6 is 0 Å². The fourth-order valence-corrected chi connectivity index (χ4v) is 2.41. The van der Waals surface area contributed by atoms with Crippen molar-refractivity contribution >= 4 is 0 Å². The minimum absolute atomic E-state index is 0.237. The smallest absolute Gasteiger partial charge is 0.0480 e. The maximum absolute atomic E-state index is 6.31. The molecule has 88 valence electrons. The molecular formula is C14H21NO. The molecule has 0 amide bonds. The molecule has 1 unspecified atom stereocenters. The molecule has 1 aromatic rings. The Morgan fingerprint density at radius 3 is 2.56 bits per heavy atom. The molecule has 1 fully saturated rings. The SMILES string of the molecule is CCOCCC(N)C1(c2ccccc2)CC1. The van der Waals surface area contributed by atoms with Crippen LogP contribution in [0, 0.1) is 0 Å². The molecule has 1 aliphatic rings. The molecule has 0 radical (unpaired) electrons. The second-order valence-corrected chi connectivity index (χ2v) is 4.61. The first kappa shape index (κ1) is 11.6. The molecule has 0 bridgehead atoms. The van der Waals surface area contributed by atoms with Crippen molar-refractivity contribution in [2.75, 3.05) is 13.2 Å². The van der Waals surface area contributed by atoms with Crippen LogP contribution in [0.3, 0.4) is 0 Å². The first-order valence-corrected chi connectivity index (χ1v) is 6.18. The van der Waals surface area contributed by atoms with E-state index in [-0.39, 0.29) is 11.5 Å². The van der Waals surface area contributed by atoms with Gasteiger partial charge in [-0.05, 0) is 31.7 Å². The van der Waals surface area contributed by atoms with E-state index in [9.17, 15) is 0 Å². The van der Waals surface area contributed by atoms with E-state index >= 15 is 0 Å². The molecular weight excluding hydrogens is 198 g/mol. The summed E-state index contributed by atoms with van der Waals surface area (Å²) in [5.74, 6) is 0. The van der Waals surface area contributed by atoms with Gasteiger partial charge in [0.15, 0.2) is 0 Å². The second-order valence-electron chi connectivity index (χ2n) is 4.61. The van der Waals surface area contributed by atoms with Gasteiger partial charge in [-0.15, -0.1) is 0 Å². The highest BCUT2D eigenvalue weighted by Gasteiger charge is 2.48. The fourth-order valence-electron chi connectivity index (χ4n) is 2.41. The molecule has 2 rings (SSSR count). The van der Waals surface area contributed by atoms with Crippen molar-refractivity contribution in [3.05, 3.63) is 35.9 Å². The van der Waals surface area contributed by atoms with E-state index in [4.69, 9.17) is 10.5 Å². The highest BCUT2D eigenvalue weighted by Crippen LogP contribution is 2.50. The summed E-state index contributed by atoms with van der Waals surface area (Å²) in [5, 5.41) is 0. The zero-order chi connectivity index (χ0) is 11.4. The standard InChI is InChI=1S/C14H21NO/c1-2-16-11-8-13(15)14(9-10-14)12-6-4-3-5-7-12/h3-7,13H,2,8-11,15H2,1H3. The zero-order valence-electron chi connectivity index (χ0n) is 9.99. The van der Waals surface area contributed by atoms with Crippen LogP contribution in [0.15, 0.2) is 30.3 Å². The predicted octanol–water partition coefficient (Wildman–Crippen LogP) is 2.47. The Labute approximate surface area is 97.8 Å². The number of benzene rings is 1. The number of ether oxygens (including phenoxy) is 1. The molecule has 16 heavy (non-hydrogen) atoms. The molecule has 0 heterocycles. The average molecular weight is 219 g/mol. The lowest BCUT2D eigenvalue weighted by atomic mass is 9.87. The molecule has 0 aromatic heterocycles. The fraction of sp³-hybridized carbons (Fsp3) is 0.571. The van der Waals surface area contributed by atoms with Gasteiger partial charge >= 0.3 is 0 Å². The molecule has 1 saturated carbocycles. The maximum atomic E-state index is 6.31. The molecule has 0 spiro atoms. The second kappa shape index (κ2) is 4.98. The van der Waals surface area contributed by atoms with Gasteiger partial charge in [-0.3, -0.25) is 0 Å². The van der Waals surface area contributed by atoms with Crippen LogP contribution in [0.25, 0.3) is 0 Å². The summed E-state index contributed by atoms with van der Waals surface area (Å²) in [5.41, 5.74) is 7.96. The topological polar surface area (TPSA) is 35.2 Å². The van der Waals surface area contributed by atoms with Gasteiger partial charge in [0, 0.05) is 24.7 Å². The Morgan fingerprint density at radius 1 is 1.31 bits per heavy atom. The Hall–Kier alpha value is -0.860. The lowest BCUT2D eigenvalue weighted by Crippen LogP contribution is -2.35. The number of nitrogens with two attached hydrogens (primary N) is 1. The van der Waals surface area contributed by atoms with E-state index in [1.165, 1.54) is 18.4 Å². The van der Waals surface area contributed by atoms with Gasteiger partial charge in [-0.25, -0.2) is 0 Å². The first-order valence-electron chi connectivity index (χ1n) is 6.18. The summed E-state index contributed by atoms with van der Waals surface area (Å²) in [6.45, 7) is 3.59. The number of rotatable bonds is 6. The van der Waals surface area contributed by atoms with Gasteiger partial charge in [0.1, 0.15) is 0 Å². The molecule has 0 saturated heterocycles. The highest BCUT2D eigenvalue weighted by molar-refractivity contribution is 5.33. The first-order chi connectivity index (χ1) is 7.79. The van der Waals surface area contributed by atoms with E-state index < -0.39 is 0 Å². The van der Waals surface area contributed by atoms with Gasteiger partial charge in [-0.2, -0.15) is 0 Å². The minimum Gasteiger partial charge on any atom is -0.382 e. The van der Waals surface area contributed by atoms with Gasteiger partial charge in [0.05, 0.1) is 0 Å². The van der Waals surface area contributed by atoms with Crippen LogP contribution in [-0.2, 0) is 10.2 Å². The van der Waals surface area contributed by atoms with Gasteiger partial charge in [0.25, 0.3) is 0 Å². The summed E-state index contributed by atoms with van der Waals surface area (Å²) in [6.07, 6.45) is 3.41. The lowest BCUT2D eigenvalue weighted by molar-refractivity contribution is 0.136. The molecule has 1 atom stereocenters. The Bertz CT molecular complexity index is 319. The van der Waals surface area contributed by atoms with Crippen LogP contribution in [0.2, 0.25) is 0 Å². The van der Waals surface area contributed by atoms with E-state index in [0.717, 1.165) is 19.6 Å². The maximum Gasteiger partial charge on any atom is 0.0480 e. The number of hydrogen-bond acceptors (Lipinski definition) is 2. The highest BCUT2D eigenvalue weighted by atomic mass is 16.5. The van der Waals surface area contributed by atoms with Crippen molar-refractivity contribution in [2.24, 2.45) is 5.73 Å². The number of hydrogen-bond donors (Lipinski definition) is 1. The Kier molecular flexibility index (Phi) is 3.62. The molecule has 2 heteroatoms. The van der Waals surface area contributed by atoms with E-state index in [1.54, 1.807) is 0 Å². The summed E-state index contributed by atoms with van der Waals surface area (Å²) >= 11 is 0. The van der Waals surface area contributed by atoms with Crippen molar-refractivity contribution in [1.29, 1.82) is 0 Å². The molecule has 1 aromatic carbocycles. The van der Waals surface area contributed by atoms with Crippen LogP contribution in [0.1, 0.15) is 31.7 Å². The van der Waals surface area contributed by atoms with Crippen molar-refractivity contribution in [2.45, 2.75) is 37.6 Å². The third-order valence-corrected chi connectivity index (χ3v) is 3.62. The van der Waals surface area contributed by atoms with Crippen LogP contribution in [0.4, 0.5) is 0 Å². The van der Waals surface area contributed by atoms with Crippen LogP contribution in [0.5, 0.6) is 0 Å². The monoisotopic (exact) mass is 219 g/mol. The van der Waals surface area contributed by atoms with Gasteiger partial charge in [-0.1, -0.05) is 30.3 Å². The quantitative estimate of drug-likeness (QED) is 0.746. The third-order valence-electron chi connectivity index (χ3n) is 3.62. The van der Waals surface area contributed by atoms with E-state index in [2.05, 4.69) is 30.3 Å². The van der Waals surface area contributed by atoms with Crippen LogP contribution < -0.4 is 5.73 Å². The van der Waals surface area contributed by atoms with Crippen molar-refractivity contribution in [1.82, 2.24) is 0 Å². The summed E-state index contributed by atoms with van der Waals surface area (Å²) in [4.78, 5) is 0. The molecule has 2 nitrogen and oxygen atoms in total. The largest absolute Gasteiger partial charge is 0.382 e. The summed E-state index contributed by atoms with van der Waals surface area (Å²) in [6, 6.07) is 10.9. The average Bonchev–Trinajstić information content (AvgIpc) is 3.12. The molecule has 1 aliphatic carbocycles. The van der Waals surface area contributed by atoms with E-state index in [0.29, 0.717) is 0 Å². The minimum atomic E-state index is 0.237. The normalized spacial score (nSPS) is 19.4.